The summed E-state index contributed by atoms with van der Waals surface area (Å²) in [5, 5.41) is 24.3. The van der Waals surface area contributed by atoms with Gasteiger partial charge in [-0.3, -0.25) is 14.6 Å². The molecule has 2 amide bonds. The van der Waals surface area contributed by atoms with Gasteiger partial charge in [-0.05, 0) is 31.2 Å². The van der Waals surface area contributed by atoms with Crippen LogP contribution < -0.4 is 15.4 Å². The van der Waals surface area contributed by atoms with E-state index < -0.39 is 30.9 Å². The van der Waals surface area contributed by atoms with E-state index in [-0.39, 0.29) is 19.6 Å². The lowest BCUT2D eigenvalue weighted by Crippen LogP contribution is -2.55. The molecular weight excluding hydrogens is 389 g/mol. The minimum Gasteiger partial charge on any atom is -0.494 e. The second kappa shape index (κ2) is 11.9. The number of nitrogens with zero attached hydrogens (tertiary/aromatic N) is 1. The maximum Gasteiger partial charge on any atom is 0.475 e. The van der Waals surface area contributed by atoms with E-state index in [1.807, 2.05) is 18.2 Å². The Bertz CT molecular complexity index is 804. The molecule has 0 aliphatic carbocycles. The first kappa shape index (κ1) is 23.3. The Balaban J connectivity index is 1.94. The lowest BCUT2D eigenvalue weighted by molar-refractivity contribution is -0.124. The second-order valence-electron chi connectivity index (χ2n) is 6.65. The smallest absolute Gasteiger partial charge is 0.475 e. The van der Waals surface area contributed by atoms with E-state index in [2.05, 4.69) is 15.6 Å². The predicted octanol–water partition coefficient (Wildman–Crippen LogP) is 0.101. The molecule has 10 heteroatoms. The van der Waals surface area contributed by atoms with Gasteiger partial charge in [0, 0.05) is 25.4 Å². The fourth-order valence-corrected chi connectivity index (χ4v) is 2.59. The number of methoxy groups -OCH3 is 1. The standard InChI is InChI=1S/C20H26BN3O6/c1-14-8-9-15(12-22-14)19(25)23-17(13-29-2)20(26)24-18(21(27)28)10-11-30-16-6-4-3-5-7-16/h3-9,12,17-18,27-28H,10-11,13H2,1-2H3,(H,23,25)(H,24,26)/t17?,18-/m0/s1. The summed E-state index contributed by atoms with van der Waals surface area (Å²) in [6.07, 6.45) is 1.56. The van der Waals surface area contributed by atoms with E-state index >= 15 is 0 Å². The highest BCUT2D eigenvalue weighted by Gasteiger charge is 2.29. The zero-order valence-corrected chi connectivity index (χ0v) is 16.9. The SMILES string of the molecule is COCC(NC(=O)c1ccc(C)nc1)C(=O)N[C@@H](CCOc1ccccc1)B(O)O. The van der Waals surface area contributed by atoms with Gasteiger partial charge in [-0.1, -0.05) is 18.2 Å². The number of hydrogen-bond donors (Lipinski definition) is 4. The summed E-state index contributed by atoms with van der Waals surface area (Å²) in [5.41, 5.74) is 1.06. The Kier molecular flexibility index (Phi) is 9.27. The van der Waals surface area contributed by atoms with Gasteiger partial charge in [0.1, 0.15) is 11.8 Å². The number of nitrogens with one attached hydrogen (secondary N) is 2. The third-order valence-corrected chi connectivity index (χ3v) is 4.26. The molecule has 1 aromatic carbocycles. The van der Waals surface area contributed by atoms with Crippen LogP contribution in [-0.4, -0.2) is 66.3 Å². The van der Waals surface area contributed by atoms with Gasteiger partial charge in [0.15, 0.2) is 0 Å². The number of benzene rings is 1. The monoisotopic (exact) mass is 415 g/mol. The molecule has 1 heterocycles. The number of carbonyl (C=O) groups excluding carboxylic acids is 2. The van der Waals surface area contributed by atoms with Gasteiger partial charge >= 0.3 is 7.12 Å². The van der Waals surface area contributed by atoms with E-state index in [1.54, 1.807) is 31.2 Å². The number of para-hydroxylation sites is 1. The van der Waals surface area contributed by atoms with Crippen molar-refractivity contribution in [3.63, 3.8) is 0 Å². The van der Waals surface area contributed by atoms with Crippen molar-refractivity contribution in [1.82, 2.24) is 15.6 Å². The predicted molar refractivity (Wildman–Crippen MR) is 111 cm³/mol. The lowest BCUT2D eigenvalue weighted by Gasteiger charge is -2.23. The van der Waals surface area contributed by atoms with Crippen molar-refractivity contribution in [3.8, 4) is 5.75 Å². The molecule has 0 bridgehead atoms. The maximum absolute atomic E-state index is 12.6. The normalized spacial score (nSPS) is 12.5. The van der Waals surface area contributed by atoms with Crippen molar-refractivity contribution in [1.29, 1.82) is 0 Å². The molecule has 4 N–H and O–H groups in total. The molecule has 1 unspecified atom stereocenters. The number of rotatable bonds is 11. The van der Waals surface area contributed by atoms with Crippen LogP contribution in [0.3, 0.4) is 0 Å². The number of aryl methyl sites for hydroxylation is 1. The van der Waals surface area contributed by atoms with Gasteiger partial charge in [-0.15, -0.1) is 0 Å². The first-order valence-corrected chi connectivity index (χ1v) is 9.47. The minimum absolute atomic E-state index is 0.0916. The Morgan fingerprint density at radius 3 is 2.47 bits per heavy atom. The highest BCUT2D eigenvalue weighted by molar-refractivity contribution is 6.43. The Labute approximate surface area is 175 Å². The van der Waals surface area contributed by atoms with Crippen LogP contribution in [0, 0.1) is 6.92 Å². The van der Waals surface area contributed by atoms with E-state index in [0.29, 0.717) is 11.3 Å². The second-order valence-corrected chi connectivity index (χ2v) is 6.65. The third kappa shape index (κ3) is 7.47. The summed E-state index contributed by atoms with van der Waals surface area (Å²) in [7, 11) is -0.403. The molecule has 2 rings (SSSR count). The van der Waals surface area contributed by atoms with E-state index in [9.17, 15) is 19.6 Å². The molecule has 0 fully saturated rings. The van der Waals surface area contributed by atoms with Gasteiger partial charge < -0.3 is 30.2 Å². The molecule has 0 spiro atoms. The van der Waals surface area contributed by atoms with Gasteiger partial charge in [0.2, 0.25) is 5.91 Å². The molecule has 160 valence electrons. The summed E-state index contributed by atoms with van der Waals surface area (Å²) < 4.78 is 10.6. The Morgan fingerprint density at radius 1 is 1.13 bits per heavy atom. The highest BCUT2D eigenvalue weighted by atomic mass is 16.5. The summed E-state index contributed by atoms with van der Waals surface area (Å²) in [6, 6.07) is 11.3. The topological polar surface area (TPSA) is 130 Å². The van der Waals surface area contributed by atoms with Crippen LogP contribution in [0.5, 0.6) is 5.75 Å². The minimum atomic E-state index is -1.80. The molecule has 30 heavy (non-hydrogen) atoms. The zero-order chi connectivity index (χ0) is 21.9. The number of carbonyl (C=O) groups is 2. The number of aromatic nitrogens is 1. The maximum atomic E-state index is 12.6. The first-order chi connectivity index (χ1) is 14.4. The summed E-state index contributed by atoms with van der Waals surface area (Å²) >= 11 is 0. The molecule has 2 aromatic rings. The van der Waals surface area contributed by atoms with E-state index in [0.717, 1.165) is 5.69 Å². The van der Waals surface area contributed by atoms with Crippen LogP contribution in [0.25, 0.3) is 0 Å². The van der Waals surface area contributed by atoms with Crippen LogP contribution in [0.4, 0.5) is 0 Å². The fourth-order valence-electron chi connectivity index (χ4n) is 2.59. The number of ether oxygens (including phenoxy) is 2. The van der Waals surface area contributed by atoms with Crippen LogP contribution in [-0.2, 0) is 9.53 Å². The van der Waals surface area contributed by atoms with Crippen molar-refractivity contribution < 1.29 is 29.1 Å². The molecule has 0 radical (unpaired) electrons. The average molecular weight is 415 g/mol. The van der Waals surface area contributed by atoms with Gasteiger partial charge in [-0.25, -0.2) is 0 Å². The van der Waals surface area contributed by atoms with Crippen LogP contribution >= 0.6 is 0 Å². The molecular formula is C20H26BN3O6. The van der Waals surface area contributed by atoms with Gasteiger partial charge in [-0.2, -0.15) is 0 Å². The van der Waals surface area contributed by atoms with Crippen LogP contribution in [0.15, 0.2) is 48.7 Å². The largest absolute Gasteiger partial charge is 0.494 e. The Morgan fingerprint density at radius 2 is 1.87 bits per heavy atom. The molecule has 9 nitrogen and oxygen atoms in total. The quantitative estimate of drug-likeness (QED) is 0.383. The van der Waals surface area contributed by atoms with Crippen molar-refractivity contribution >= 4 is 18.9 Å². The average Bonchev–Trinajstić information content (AvgIpc) is 2.73. The van der Waals surface area contributed by atoms with E-state index in [4.69, 9.17) is 9.47 Å². The molecule has 0 saturated heterocycles. The molecule has 0 saturated carbocycles. The number of pyridine rings is 1. The number of hydrogen-bond acceptors (Lipinski definition) is 7. The summed E-state index contributed by atoms with van der Waals surface area (Å²) in [6.45, 7) is 1.86. The lowest BCUT2D eigenvalue weighted by atomic mass is 9.77. The fraction of sp³-hybridized carbons (Fsp3) is 0.350. The van der Waals surface area contributed by atoms with Crippen molar-refractivity contribution in [2.75, 3.05) is 20.3 Å². The van der Waals surface area contributed by atoms with Crippen molar-refractivity contribution in [3.05, 3.63) is 59.9 Å². The van der Waals surface area contributed by atoms with Gasteiger partial charge in [0.05, 0.1) is 24.7 Å². The summed E-state index contributed by atoms with van der Waals surface area (Å²) in [5.74, 6) is -1.46. The molecule has 0 aliphatic rings. The Hall–Kier alpha value is -2.95. The molecule has 2 atom stereocenters. The zero-order valence-electron chi connectivity index (χ0n) is 16.9. The van der Waals surface area contributed by atoms with Crippen LogP contribution in [0.1, 0.15) is 22.5 Å². The first-order valence-electron chi connectivity index (χ1n) is 9.47. The van der Waals surface area contributed by atoms with Gasteiger partial charge in [0.25, 0.3) is 5.91 Å². The number of amides is 2. The van der Waals surface area contributed by atoms with Crippen LogP contribution in [0.2, 0.25) is 0 Å². The summed E-state index contributed by atoms with van der Waals surface area (Å²) in [4.78, 5) is 29.1. The molecule has 1 aromatic heterocycles. The van der Waals surface area contributed by atoms with Crippen molar-refractivity contribution in [2.45, 2.75) is 25.3 Å². The highest BCUT2D eigenvalue weighted by Crippen LogP contribution is 2.09. The van der Waals surface area contributed by atoms with E-state index in [1.165, 1.54) is 13.3 Å². The molecule has 0 aliphatic heterocycles. The third-order valence-electron chi connectivity index (χ3n) is 4.26. The van der Waals surface area contributed by atoms with Crippen molar-refractivity contribution in [2.24, 2.45) is 0 Å².